The molecule has 20 heavy (non-hydrogen) atoms. The van der Waals surface area contributed by atoms with Crippen LogP contribution in [0.3, 0.4) is 0 Å². The van der Waals surface area contributed by atoms with Gasteiger partial charge in [-0.25, -0.2) is 9.37 Å². The summed E-state index contributed by atoms with van der Waals surface area (Å²) in [6, 6.07) is 7.80. The molecule has 0 aliphatic carbocycles. The number of rotatable bonds is 5. The maximum Gasteiger partial charge on any atom is 0.224 e. The van der Waals surface area contributed by atoms with Crippen LogP contribution in [-0.2, 0) is 0 Å². The molecular formula is C14H16BrFN4. The van der Waals surface area contributed by atoms with Crippen molar-refractivity contribution in [1.29, 1.82) is 0 Å². The first-order valence-corrected chi connectivity index (χ1v) is 7.18. The Morgan fingerprint density at radius 1 is 1.40 bits per heavy atom. The van der Waals surface area contributed by atoms with Crippen molar-refractivity contribution in [3.8, 4) is 0 Å². The number of anilines is 2. The highest BCUT2D eigenvalue weighted by Gasteiger charge is 2.11. The van der Waals surface area contributed by atoms with Gasteiger partial charge in [0.25, 0.3) is 0 Å². The third kappa shape index (κ3) is 3.66. The molecule has 0 spiro atoms. The van der Waals surface area contributed by atoms with Crippen molar-refractivity contribution in [2.24, 2.45) is 0 Å². The normalized spacial score (nSPS) is 12.0. The summed E-state index contributed by atoms with van der Waals surface area (Å²) in [4.78, 5) is 8.01. The maximum atomic E-state index is 13.7. The van der Waals surface area contributed by atoms with Crippen molar-refractivity contribution in [1.82, 2.24) is 9.97 Å². The van der Waals surface area contributed by atoms with Gasteiger partial charge in [-0.1, -0.05) is 28.1 Å². The Hall–Kier alpha value is -1.69. The van der Waals surface area contributed by atoms with E-state index in [1.807, 2.05) is 38.1 Å². The lowest BCUT2D eigenvalue weighted by molar-refractivity contribution is 0.614. The zero-order valence-corrected chi connectivity index (χ0v) is 12.9. The van der Waals surface area contributed by atoms with Crippen LogP contribution in [0.25, 0.3) is 0 Å². The smallest absolute Gasteiger partial charge is 0.224 e. The molecule has 106 valence electrons. The van der Waals surface area contributed by atoms with Gasteiger partial charge in [0.1, 0.15) is 0 Å². The van der Waals surface area contributed by atoms with Crippen molar-refractivity contribution in [3.05, 3.63) is 46.3 Å². The van der Waals surface area contributed by atoms with E-state index in [0.29, 0.717) is 12.5 Å². The van der Waals surface area contributed by atoms with E-state index in [1.165, 1.54) is 6.20 Å². The van der Waals surface area contributed by atoms with Crippen LogP contribution in [0.4, 0.5) is 16.2 Å². The fourth-order valence-corrected chi connectivity index (χ4v) is 2.19. The molecule has 0 aliphatic heterocycles. The van der Waals surface area contributed by atoms with Crippen molar-refractivity contribution >= 4 is 27.7 Å². The summed E-state index contributed by atoms with van der Waals surface area (Å²) in [5.74, 6) is 0.148. The molecular weight excluding hydrogens is 323 g/mol. The molecule has 0 bridgehead atoms. The number of benzene rings is 1. The van der Waals surface area contributed by atoms with Gasteiger partial charge in [-0.05, 0) is 31.5 Å². The number of aromatic nitrogens is 2. The van der Waals surface area contributed by atoms with E-state index < -0.39 is 5.82 Å². The second-order valence-electron chi connectivity index (χ2n) is 4.34. The van der Waals surface area contributed by atoms with Gasteiger partial charge >= 0.3 is 0 Å². The summed E-state index contributed by atoms with van der Waals surface area (Å²) in [6.07, 6.45) is 1.17. The molecule has 0 saturated carbocycles. The molecule has 1 aromatic carbocycles. The van der Waals surface area contributed by atoms with Gasteiger partial charge in [-0.15, -0.1) is 0 Å². The van der Waals surface area contributed by atoms with Gasteiger partial charge in [-0.2, -0.15) is 4.98 Å². The van der Waals surface area contributed by atoms with E-state index in [1.54, 1.807) is 0 Å². The summed E-state index contributed by atoms with van der Waals surface area (Å²) in [5, 5.41) is 6.03. The Morgan fingerprint density at radius 3 is 2.90 bits per heavy atom. The topological polar surface area (TPSA) is 49.8 Å². The quantitative estimate of drug-likeness (QED) is 0.865. The van der Waals surface area contributed by atoms with Gasteiger partial charge in [-0.3, -0.25) is 0 Å². The predicted molar refractivity (Wildman–Crippen MR) is 82.3 cm³/mol. The van der Waals surface area contributed by atoms with Crippen LogP contribution in [0.2, 0.25) is 0 Å². The number of nitrogens with zero attached hydrogens (tertiary/aromatic N) is 2. The Bertz CT molecular complexity index is 591. The fraction of sp³-hybridized carbons (Fsp3) is 0.286. The Balaban J connectivity index is 2.18. The van der Waals surface area contributed by atoms with Gasteiger partial charge in [0.15, 0.2) is 11.6 Å². The summed E-state index contributed by atoms with van der Waals surface area (Å²) in [7, 11) is 0. The standard InChI is InChI=1S/C14H16BrFN4/c1-3-17-14-18-8-12(16)13(20-14)19-9(2)10-5-4-6-11(15)7-10/h4-9H,3H2,1-2H3,(H2,17,18,19,20). The third-order valence-corrected chi connectivity index (χ3v) is 3.27. The fourth-order valence-electron chi connectivity index (χ4n) is 1.78. The monoisotopic (exact) mass is 338 g/mol. The number of hydrogen-bond donors (Lipinski definition) is 2. The number of halogens is 2. The molecule has 1 heterocycles. The molecule has 2 aromatic rings. The molecule has 6 heteroatoms. The van der Waals surface area contributed by atoms with E-state index in [-0.39, 0.29) is 11.9 Å². The predicted octanol–water partition coefficient (Wildman–Crippen LogP) is 3.98. The molecule has 0 radical (unpaired) electrons. The van der Waals surface area contributed by atoms with Gasteiger partial charge in [0, 0.05) is 11.0 Å². The minimum Gasteiger partial charge on any atom is -0.361 e. The first-order valence-electron chi connectivity index (χ1n) is 6.38. The average molecular weight is 339 g/mol. The highest BCUT2D eigenvalue weighted by atomic mass is 79.9. The number of nitrogens with one attached hydrogen (secondary N) is 2. The van der Waals surface area contributed by atoms with Crippen molar-refractivity contribution in [2.45, 2.75) is 19.9 Å². The molecule has 0 saturated heterocycles. The third-order valence-electron chi connectivity index (χ3n) is 2.78. The van der Waals surface area contributed by atoms with Gasteiger partial charge in [0.05, 0.1) is 12.2 Å². The first kappa shape index (κ1) is 14.7. The molecule has 2 rings (SSSR count). The van der Waals surface area contributed by atoms with Crippen molar-refractivity contribution < 1.29 is 4.39 Å². The van der Waals surface area contributed by atoms with Crippen LogP contribution in [-0.4, -0.2) is 16.5 Å². The van der Waals surface area contributed by atoms with E-state index in [4.69, 9.17) is 0 Å². The second kappa shape index (κ2) is 6.65. The Kier molecular flexibility index (Phi) is 4.89. The number of hydrogen-bond acceptors (Lipinski definition) is 4. The lowest BCUT2D eigenvalue weighted by Gasteiger charge is -2.16. The van der Waals surface area contributed by atoms with Crippen LogP contribution >= 0.6 is 15.9 Å². The molecule has 1 unspecified atom stereocenters. The van der Waals surface area contributed by atoms with Crippen LogP contribution in [0, 0.1) is 5.82 Å². The minimum absolute atomic E-state index is 0.0635. The highest BCUT2D eigenvalue weighted by molar-refractivity contribution is 9.10. The lowest BCUT2D eigenvalue weighted by Crippen LogP contribution is -2.12. The van der Waals surface area contributed by atoms with E-state index in [0.717, 1.165) is 10.0 Å². The largest absolute Gasteiger partial charge is 0.361 e. The van der Waals surface area contributed by atoms with Crippen LogP contribution in [0.1, 0.15) is 25.5 Å². The van der Waals surface area contributed by atoms with Crippen molar-refractivity contribution in [3.63, 3.8) is 0 Å². The lowest BCUT2D eigenvalue weighted by atomic mass is 10.1. The highest BCUT2D eigenvalue weighted by Crippen LogP contribution is 2.22. The van der Waals surface area contributed by atoms with Crippen molar-refractivity contribution in [2.75, 3.05) is 17.2 Å². The van der Waals surface area contributed by atoms with E-state index in [2.05, 4.69) is 36.5 Å². The minimum atomic E-state index is -0.464. The molecule has 0 amide bonds. The van der Waals surface area contributed by atoms with Gasteiger partial charge in [0.2, 0.25) is 5.95 Å². The summed E-state index contributed by atoms with van der Waals surface area (Å²) >= 11 is 3.43. The van der Waals surface area contributed by atoms with Crippen LogP contribution in [0.15, 0.2) is 34.9 Å². The first-order chi connectivity index (χ1) is 9.60. The SMILES string of the molecule is CCNc1ncc(F)c(NC(C)c2cccc(Br)c2)n1. The van der Waals surface area contributed by atoms with E-state index >= 15 is 0 Å². The summed E-state index contributed by atoms with van der Waals surface area (Å²) in [5.41, 5.74) is 1.04. The molecule has 4 nitrogen and oxygen atoms in total. The average Bonchev–Trinajstić information content (AvgIpc) is 2.43. The summed E-state index contributed by atoms with van der Waals surface area (Å²) in [6.45, 7) is 4.58. The second-order valence-corrected chi connectivity index (χ2v) is 5.26. The van der Waals surface area contributed by atoms with E-state index in [9.17, 15) is 4.39 Å². The molecule has 0 fully saturated rings. The Morgan fingerprint density at radius 2 is 2.20 bits per heavy atom. The maximum absolute atomic E-state index is 13.7. The zero-order chi connectivity index (χ0) is 14.5. The zero-order valence-electron chi connectivity index (χ0n) is 11.3. The Labute approximate surface area is 126 Å². The van der Waals surface area contributed by atoms with Crippen LogP contribution < -0.4 is 10.6 Å². The molecule has 1 atom stereocenters. The molecule has 0 aliphatic rings. The molecule has 2 N–H and O–H groups in total. The van der Waals surface area contributed by atoms with Gasteiger partial charge < -0.3 is 10.6 Å². The molecule has 1 aromatic heterocycles. The summed E-state index contributed by atoms with van der Waals surface area (Å²) < 4.78 is 14.7. The van der Waals surface area contributed by atoms with Crippen LogP contribution in [0.5, 0.6) is 0 Å².